The van der Waals surface area contributed by atoms with E-state index in [0.29, 0.717) is 17.9 Å². The summed E-state index contributed by atoms with van der Waals surface area (Å²) in [5.41, 5.74) is 2.51. The quantitative estimate of drug-likeness (QED) is 0.782. The maximum Gasteiger partial charge on any atom is 0.252 e. The van der Waals surface area contributed by atoms with E-state index in [-0.39, 0.29) is 24.5 Å². The van der Waals surface area contributed by atoms with Gasteiger partial charge in [-0.1, -0.05) is 24.3 Å². The van der Waals surface area contributed by atoms with E-state index < -0.39 is 6.23 Å². The summed E-state index contributed by atoms with van der Waals surface area (Å²) in [5.74, 6) is 0.0723. The molecule has 148 valence electrons. The van der Waals surface area contributed by atoms with Crippen LogP contribution in [0.5, 0.6) is 0 Å². The Morgan fingerprint density at radius 1 is 1.36 bits per heavy atom. The summed E-state index contributed by atoms with van der Waals surface area (Å²) in [5, 5.41) is 2.68. The molecule has 2 aliphatic rings. The molecule has 7 nitrogen and oxygen atoms in total. The fourth-order valence-corrected chi connectivity index (χ4v) is 3.18. The number of carbonyl (C=O) groups excluding carboxylic acids is 2. The Morgan fingerprint density at radius 3 is 2.82 bits per heavy atom. The molecule has 1 N–H and O–H groups in total. The van der Waals surface area contributed by atoms with Crippen molar-refractivity contribution in [3.8, 4) is 0 Å². The van der Waals surface area contributed by atoms with Crippen LogP contribution in [0.15, 0.2) is 59.3 Å². The number of rotatable bonds is 7. The minimum absolute atomic E-state index is 0.0713. The molecule has 0 saturated carbocycles. The molecule has 28 heavy (non-hydrogen) atoms. The predicted molar refractivity (Wildman–Crippen MR) is 105 cm³/mol. The number of ether oxygens (including phenoxy) is 2. The summed E-state index contributed by atoms with van der Waals surface area (Å²) >= 11 is 0. The smallest absolute Gasteiger partial charge is 0.252 e. The van der Waals surface area contributed by atoms with Crippen molar-refractivity contribution < 1.29 is 19.1 Å². The van der Waals surface area contributed by atoms with E-state index in [2.05, 4.69) is 16.4 Å². The zero-order chi connectivity index (χ0) is 20.1. The van der Waals surface area contributed by atoms with Gasteiger partial charge in [-0.3, -0.25) is 9.59 Å². The van der Waals surface area contributed by atoms with Gasteiger partial charge in [0, 0.05) is 25.4 Å². The van der Waals surface area contributed by atoms with Gasteiger partial charge in [-0.25, -0.2) is 4.98 Å². The second-order valence-corrected chi connectivity index (χ2v) is 6.82. The molecule has 0 aromatic carbocycles. The number of nitrogens with zero attached hydrogens (tertiary/aromatic N) is 2. The average molecular weight is 383 g/mol. The second kappa shape index (κ2) is 8.95. The summed E-state index contributed by atoms with van der Waals surface area (Å²) in [6.45, 7) is 3.90. The second-order valence-electron chi connectivity index (χ2n) is 6.82. The van der Waals surface area contributed by atoms with Crippen molar-refractivity contribution in [2.24, 2.45) is 0 Å². The Hall–Kier alpha value is -2.77. The maximum atomic E-state index is 12.7. The lowest BCUT2D eigenvalue weighted by Gasteiger charge is -2.27. The van der Waals surface area contributed by atoms with Crippen LogP contribution in [0.4, 0.5) is 5.82 Å². The molecule has 1 aromatic rings. The summed E-state index contributed by atoms with van der Waals surface area (Å²) in [4.78, 5) is 30.5. The molecule has 1 aliphatic carbocycles. The van der Waals surface area contributed by atoms with Crippen LogP contribution in [0.1, 0.15) is 20.3 Å². The van der Waals surface area contributed by atoms with E-state index in [4.69, 9.17) is 9.47 Å². The molecule has 1 aromatic heterocycles. The minimum Gasteiger partial charge on any atom is -0.377 e. The summed E-state index contributed by atoms with van der Waals surface area (Å²) < 4.78 is 11.1. The lowest BCUT2D eigenvalue weighted by atomic mass is 10.0. The number of pyridine rings is 1. The average Bonchev–Trinajstić information content (AvgIpc) is 2.91. The van der Waals surface area contributed by atoms with Crippen molar-refractivity contribution in [1.29, 1.82) is 0 Å². The Kier molecular flexibility index (Phi) is 6.38. The van der Waals surface area contributed by atoms with Crippen LogP contribution in [0.3, 0.4) is 0 Å². The van der Waals surface area contributed by atoms with E-state index in [1.54, 1.807) is 43.3 Å². The van der Waals surface area contributed by atoms with Gasteiger partial charge in [0.1, 0.15) is 12.4 Å². The van der Waals surface area contributed by atoms with Crippen LogP contribution in [0.2, 0.25) is 0 Å². The van der Waals surface area contributed by atoms with Crippen molar-refractivity contribution in [2.45, 2.75) is 32.6 Å². The van der Waals surface area contributed by atoms with Crippen LogP contribution in [0.25, 0.3) is 0 Å². The van der Waals surface area contributed by atoms with Crippen LogP contribution in [-0.2, 0) is 19.1 Å². The van der Waals surface area contributed by atoms with Crippen LogP contribution in [-0.4, -0.2) is 54.3 Å². The topological polar surface area (TPSA) is 80.8 Å². The highest BCUT2D eigenvalue weighted by Gasteiger charge is 2.36. The van der Waals surface area contributed by atoms with Gasteiger partial charge in [0.2, 0.25) is 0 Å². The Labute approximate surface area is 164 Å². The van der Waals surface area contributed by atoms with E-state index in [1.165, 1.54) is 0 Å². The number of hydrogen-bond donors (Lipinski definition) is 1. The first-order valence-electron chi connectivity index (χ1n) is 9.20. The highest BCUT2D eigenvalue weighted by Crippen LogP contribution is 2.28. The van der Waals surface area contributed by atoms with Crippen molar-refractivity contribution in [2.75, 3.05) is 25.6 Å². The number of aromatic nitrogens is 1. The van der Waals surface area contributed by atoms with E-state index in [0.717, 1.165) is 17.6 Å². The van der Waals surface area contributed by atoms with Crippen LogP contribution >= 0.6 is 0 Å². The zero-order valence-corrected chi connectivity index (χ0v) is 16.3. The molecule has 0 spiro atoms. The van der Waals surface area contributed by atoms with E-state index in [1.807, 2.05) is 19.1 Å². The highest BCUT2D eigenvalue weighted by atomic mass is 16.5. The standard InChI is InChI=1S/C21H25N3O4/c1-14-15(2)21(28-13-19(25)23-18-6-4-5-11-22-18)24(20(14)26)12-16-7-9-17(27-3)10-8-16/h4-9,11,17,21H,10,12-13H2,1-3H3,(H,22,23,25). The molecule has 2 unspecified atom stereocenters. The van der Waals surface area contributed by atoms with Crippen LogP contribution in [0, 0.1) is 0 Å². The number of methoxy groups -OCH3 is 1. The lowest BCUT2D eigenvalue weighted by Crippen LogP contribution is -2.40. The van der Waals surface area contributed by atoms with Crippen molar-refractivity contribution >= 4 is 17.6 Å². The largest absolute Gasteiger partial charge is 0.377 e. The fraction of sp³-hybridized carbons (Fsp3) is 0.381. The summed E-state index contributed by atoms with van der Waals surface area (Å²) in [6, 6.07) is 5.26. The molecule has 2 heterocycles. The normalized spacial score (nSPS) is 21.9. The van der Waals surface area contributed by atoms with Gasteiger partial charge in [0.15, 0.2) is 6.23 Å². The number of carbonyl (C=O) groups is 2. The molecule has 3 rings (SSSR count). The number of amides is 2. The molecule has 7 heteroatoms. The first kappa shape index (κ1) is 20.0. The molecule has 0 bridgehead atoms. The molecule has 0 radical (unpaired) electrons. The predicted octanol–water partition coefficient (Wildman–Crippen LogP) is 2.44. The van der Waals surface area contributed by atoms with Gasteiger partial charge in [-0.15, -0.1) is 0 Å². The maximum absolute atomic E-state index is 12.7. The third-order valence-electron chi connectivity index (χ3n) is 4.92. The summed E-state index contributed by atoms with van der Waals surface area (Å²) in [6.07, 6.45) is 7.91. The van der Waals surface area contributed by atoms with Crippen molar-refractivity contribution in [3.05, 3.63) is 59.3 Å². The monoisotopic (exact) mass is 383 g/mol. The third kappa shape index (κ3) is 4.55. The molecule has 1 aliphatic heterocycles. The Balaban J connectivity index is 1.62. The first-order chi connectivity index (χ1) is 13.5. The van der Waals surface area contributed by atoms with Gasteiger partial charge in [0.25, 0.3) is 11.8 Å². The molecule has 0 saturated heterocycles. The lowest BCUT2D eigenvalue weighted by molar-refractivity contribution is -0.138. The Morgan fingerprint density at radius 2 is 2.18 bits per heavy atom. The zero-order valence-electron chi connectivity index (χ0n) is 16.3. The molecular weight excluding hydrogens is 358 g/mol. The SMILES string of the molecule is COC1C=CC(CN2C(=O)C(C)=C(C)C2OCC(=O)Nc2ccccn2)=CC1. The Bertz CT molecular complexity index is 829. The highest BCUT2D eigenvalue weighted by molar-refractivity contribution is 5.97. The van der Waals surface area contributed by atoms with Gasteiger partial charge in [-0.2, -0.15) is 0 Å². The molecule has 0 fully saturated rings. The van der Waals surface area contributed by atoms with Gasteiger partial charge >= 0.3 is 0 Å². The van der Waals surface area contributed by atoms with Gasteiger partial charge in [0.05, 0.1) is 6.10 Å². The number of hydrogen-bond acceptors (Lipinski definition) is 5. The minimum atomic E-state index is -0.559. The van der Waals surface area contributed by atoms with Crippen molar-refractivity contribution in [3.63, 3.8) is 0 Å². The first-order valence-corrected chi connectivity index (χ1v) is 9.20. The third-order valence-corrected chi connectivity index (χ3v) is 4.92. The van der Waals surface area contributed by atoms with Gasteiger partial charge in [-0.05, 0) is 43.5 Å². The number of nitrogens with one attached hydrogen (secondary N) is 1. The fourth-order valence-electron chi connectivity index (χ4n) is 3.18. The molecular formula is C21H25N3O4. The van der Waals surface area contributed by atoms with E-state index in [9.17, 15) is 9.59 Å². The van der Waals surface area contributed by atoms with Crippen LogP contribution < -0.4 is 5.32 Å². The van der Waals surface area contributed by atoms with Crippen molar-refractivity contribution in [1.82, 2.24) is 9.88 Å². The molecule has 2 amide bonds. The summed E-state index contributed by atoms with van der Waals surface area (Å²) in [7, 11) is 1.67. The van der Waals surface area contributed by atoms with E-state index >= 15 is 0 Å². The molecule has 2 atom stereocenters. The van der Waals surface area contributed by atoms with Gasteiger partial charge < -0.3 is 19.7 Å². The number of anilines is 1.